The Bertz CT molecular complexity index is 1200. The lowest BCUT2D eigenvalue weighted by atomic mass is 10.0. The van der Waals surface area contributed by atoms with E-state index in [1.165, 1.54) is 0 Å². The summed E-state index contributed by atoms with van der Waals surface area (Å²) in [4.78, 5) is 15.9. The summed E-state index contributed by atoms with van der Waals surface area (Å²) in [5.74, 6) is 0.779. The lowest BCUT2D eigenvalue weighted by Gasteiger charge is -2.26. The summed E-state index contributed by atoms with van der Waals surface area (Å²) in [7, 11) is 0.381. The van der Waals surface area contributed by atoms with Gasteiger partial charge in [-0.25, -0.2) is 4.68 Å². The number of methoxy groups -OCH3 is 1. The van der Waals surface area contributed by atoms with Crippen molar-refractivity contribution in [3.63, 3.8) is 0 Å². The summed E-state index contributed by atoms with van der Waals surface area (Å²) in [6.45, 7) is 2.96. The summed E-state index contributed by atoms with van der Waals surface area (Å²) >= 11 is 0. The standard InChI is InChI=1S/C24H25N3O5S/c1-30-13-14-32-18-6-4-5-17(15-18)27-23-19-7-2-3-8-21(19)33(29)16-20(23)22(25-27)24(28)26-9-11-31-12-10-26/h2-8,15H,9-14,16H2,1H3. The van der Waals surface area contributed by atoms with Gasteiger partial charge in [0.15, 0.2) is 5.69 Å². The molecule has 3 aromatic rings. The molecule has 1 atom stereocenters. The number of aromatic nitrogens is 2. The van der Waals surface area contributed by atoms with E-state index in [4.69, 9.17) is 19.3 Å². The zero-order valence-electron chi connectivity index (χ0n) is 18.4. The van der Waals surface area contributed by atoms with Crippen LogP contribution in [0.4, 0.5) is 0 Å². The van der Waals surface area contributed by atoms with E-state index in [9.17, 15) is 9.00 Å². The van der Waals surface area contributed by atoms with E-state index in [2.05, 4.69) is 0 Å². The van der Waals surface area contributed by atoms with Gasteiger partial charge in [0.25, 0.3) is 5.91 Å². The first-order valence-corrected chi connectivity index (χ1v) is 12.2. The minimum Gasteiger partial charge on any atom is -0.491 e. The molecule has 0 bridgehead atoms. The number of fused-ring (bicyclic) bond motifs is 3. The lowest BCUT2D eigenvalue weighted by Crippen LogP contribution is -2.41. The Balaban J connectivity index is 1.63. The van der Waals surface area contributed by atoms with E-state index in [0.717, 1.165) is 21.8 Å². The van der Waals surface area contributed by atoms with E-state index in [0.29, 0.717) is 56.5 Å². The number of benzene rings is 2. The highest BCUT2D eigenvalue weighted by Gasteiger charge is 2.34. The number of rotatable bonds is 6. The maximum absolute atomic E-state index is 13.4. The van der Waals surface area contributed by atoms with Crippen molar-refractivity contribution in [1.82, 2.24) is 14.7 Å². The molecule has 8 nitrogen and oxygen atoms in total. The van der Waals surface area contributed by atoms with E-state index in [-0.39, 0.29) is 11.7 Å². The van der Waals surface area contributed by atoms with Crippen LogP contribution in [0.5, 0.6) is 5.75 Å². The van der Waals surface area contributed by atoms with Crippen molar-refractivity contribution < 1.29 is 23.2 Å². The van der Waals surface area contributed by atoms with Crippen molar-refractivity contribution in [2.24, 2.45) is 0 Å². The number of carbonyl (C=O) groups is 1. The second-order valence-corrected chi connectivity index (χ2v) is 9.24. The molecule has 0 aliphatic carbocycles. The summed E-state index contributed by atoms with van der Waals surface area (Å²) < 4.78 is 31.1. The molecule has 172 valence electrons. The molecule has 2 aliphatic rings. The summed E-state index contributed by atoms with van der Waals surface area (Å²) in [6.07, 6.45) is 0. The maximum Gasteiger partial charge on any atom is 0.274 e. The minimum absolute atomic E-state index is 0.155. The van der Waals surface area contributed by atoms with Crippen molar-refractivity contribution in [3.8, 4) is 22.7 Å². The molecule has 1 saturated heterocycles. The van der Waals surface area contributed by atoms with Crippen LogP contribution in [0.1, 0.15) is 16.1 Å². The molecule has 2 aromatic carbocycles. The largest absolute Gasteiger partial charge is 0.491 e. The van der Waals surface area contributed by atoms with Gasteiger partial charge in [-0.1, -0.05) is 24.3 Å². The molecule has 2 aliphatic heterocycles. The molecular weight excluding hydrogens is 442 g/mol. The number of ether oxygens (including phenoxy) is 3. The number of carbonyl (C=O) groups excluding carboxylic acids is 1. The highest BCUT2D eigenvalue weighted by Crippen LogP contribution is 2.39. The Hall–Kier alpha value is -3.01. The van der Waals surface area contributed by atoms with Crippen molar-refractivity contribution >= 4 is 16.7 Å². The Morgan fingerprint density at radius 2 is 1.94 bits per heavy atom. The van der Waals surface area contributed by atoms with Crippen LogP contribution in [0, 0.1) is 0 Å². The second-order valence-electron chi connectivity index (χ2n) is 7.82. The molecule has 0 spiro atoms. The summed E-state index contributed by atoms with van der Waals surface area (Å²) in [5.41, 5.74) is 3.46. The fraction of sp³-hybridized carbons (Fsp3) is 0.333. The van der Waals surface area contributed by atoms with E-state index in [1.807, 2.05) is 48.5 Å². The fourth-order valence-corrected chi connectivity index (χ4v) is 5.49. The smallest absolute Gasteiger partial charge is 0.274 e. The zero-order valence-corrected chi connectivity index (χ0v) is 19.2. The van der Waals surface area contributed by atoms with E-state index >= 15 is 0 Å². The Morgan fingerprint density at radius 3 is 2.76 bits per heavy atom. The van der Waals surface area contributed by atoms with Gasteiger partial charge in [-0.05, 0) is 18.2 Å². The average Bonchev–Trinajstić information content (AvgIpc) is 3.24. The van der Waals surface area contributed by atoms with Gasteiger partial charge in [0.1, 0.15) is 12.4 Å². The van der Waals surface area contributed by atoms with Crippen LogP contribution in [0.3, 0.4) is 0 Å². The van der Waals surface area contributed by atoms with Crippen molar-refractivity contribution in [1.29, 1.82) is 0 Å². The molecule has 0 saturated carbocycles. The average molecular weight is 468 g/mol. The minimum atomic E-state index is -1.25. The second kappa shape index (κ2) is 9.46. The molecule has 1 fully saturated rings. The van der Waals surface area contributed by atoms with Gasteiger partial charge in [0, 0.05) is 42.3 Å². The molecule has 9 heteroatoms. The zero-order chi connectivity index (χ0) is 22.8. The third-order valence-electron chi connectivity index (χ3n) is 5.77. The van der Waals surface area contributed by atoms with Crippen LogP contribution in [0.25, 0.3) is 16.9 Å². The SMILES string of the molecule is COCCOc1cccc(-n2nc(C(=O)N3CCOCC3)c3c2-c2ccccc2S(=O)C3)c1. The van der Waals surface area contributed by atoms with Gasteiger partial charge >= 0.3 is 0 Å². The van der Waals surface area contributed by atoms with Crippen LogP contribution in [0.2, 0.25) is 0 Å². The van der Waals surface area contributed by atoms with E-state index < -0.39 is 10.8 Å². The van der Waals surface area contributed by atoms with Crippen molar-refractivity contribution in [2.45, 2.75) is 10.6 Å². The van der Waals surface area contributed by atoms with Crippen LogP contribution in [0.15, 0.2) is 53.4 Å². The number of hydrogen-bond donors (Lipinski definition) is 0. The molecule has 5 rings (SSSR count). The maximum atomic E-state index is 13.4. The first-order chi connectivity index (χ1) is 16.2. The monoisotopic (exact) mass is 467 g/mol. The predicted octanol–water partition coefficient (Wildman–Crippen LogP) is 2.66. The molecular formula is C24H25N3O5S. The number of amides is 1. The van der Waals surface area contributed by atoms with Crippen molar-refractivity contribution in [3.05, 3.63) is 59.8 Å². The van der Waals surface area contributed by atoms with Gasteiger partial charge in [-0.3, -0.25) is 9.00 Å². The topological polar surface area (TPSA) is 82.9 Å². The highest BCUT2D eigenvalue weighted by atomic mass is 32.2. The van der Waals surface area contributed by atoms with E-state index in [1.54, 1.807) is 16.7 Å². The lowest BCUT2D eigenvalue weighted by molar-refractivity contribution is 0.0298. The molecule has 0 radical (unpaired) electrons. The Morgan fingerprint density at radius 1 is 1.12 bits per heavy atom. The van der Waals surface area contributed by atoms with Gasteiger partial charge in [0.05, 0.1) is 47.8 Å². The molecule has 1 amide bonds. The number of morpholine rings is 1. The first-order valence-electron chi connectivity index (χ1n) is 10.9. The molecule has 0 N–H and O–H groups in total. The Kier molecular flexibility index (Phi) is 6.26. The third-order valence-corrected chi connectivity index (χ3v) is 7.16. The third kappa shape index (κ3) is 4.19. The van der Waals surface area contributed by atoms with Gasteiger partial charge in [-0.15, -0.1) is 0 Å². The molecule has 1 unspecified atom stereocenters. The summed E-state index contributed by atoms with van der Waals surface area (Å²) in [5, 5.41) is 4.78. The normalized spacial score (nSPS) is 17.4. The molecule has 1 aromatic heterocycles. The van der Waals surface area contributed by atoms with Crippen LogP contribution >= 0.6 is 0 Å². The van der Waals surface area contributed by atoms with Gasteiger partial charge in [0.2, 0.25) is 0 Å². The summed E-state index contributed by atoms with van der Waals surface area (Å²) in [6, 6.07) is 15.2. The number of nitrogens with zero attached hydrogens (tertiary/aromatic N) is 3. The van der Waals surface area contributed by atoms with Crippen LogP contribution < -0.4 is 4.74 Å². The van der Waals surface area contributed by atoms with Crippen molar-refractivity contribution in [2.75, 3.05) is 46.6 Å². The molecule has 3 heterocycles. The predicted molar refractivity (Wildman–Crippen MR) is 123 cm³/mol. The van der Waals surface area contributed by atoms with Gasteiger partial charge in [-0.2, -0.15) is 5.10 Å². The van der Waals surface area contributed by atoms with Crippen LogP contribution in [-0.4, -0.2) is 71.4 Å². The van der Waals surface area contributed by atoms with Crippen LogP contribution in [-0.2, 0) is 26.0 Å². The fourth-order valence-electron chi connectivity index (χ4n) is 4.16. The quantitative estimate of drug-likeness (QED) is 0.519. The molecule has 33 heavy (non-hydrogen) atoms. The Labute approximate surface area is 194 Å². The highest BCUT2D eigenvalue weighted by molar-refractivity contribution is 7.84. The number of hydrogen-bond acceptors (Lipinski definition) is 6. The first kappa shape index (κ1) is 21.8. The van der Waals surface area contributed by atoms with Gasteiger partial charge < -0.3 is 19.1 Å².